The fourth-order valence-electron chi connectivity index (χ4n) is 5.98. The van der Waals surface area contributed by atoms with Crippen molar-refractivity contribution in [1.29, 1.82) is 0 Å². The summed E-state index contributed by atoms with van der Waals surface area (Å²) >= 11 is 0. The van der Waals surface area contributed by atoms with E-state index in [9.17, 15) is 4.79 Å². The molecule has 1 aliphatic carbocycles. The lowest BCUT2D eigenvalue weighted by Gasteiger charge is -2.34. The molecule has 212 valence electrons. The van der Waals surface area contributed by atoms with Crippen LogP contribution in [0.1, 0.15) is 41.6 Å². The quantitative estimate of drug-likeness (QED) is 0.269. The van der Waals surface area contributed by atoms with Crippen LogP contribution >= 0.6 is 0 Å². The van der Waals surface area contributed by atoms with Gasteiger partial charge in [0.2, 0.25) is 0 Å². The highest BCUT2D eigenvalue weighted by Gasteiger charge is 2.28. The van der Waals surface area contributed by atoms with Crippen LogP contribution in [0.4, 0.5) is 17.1 Å². The number of amides is 1. The molecule has 3 N–H and O–H groups in total. The Balaban J connectivity index is 1.13. The van der Waals surface area contributed by atoms with Gasteiger partial charge in [-0.15, -0.1) is 0 Å². The molecule has 4 heterocycles. The van der Waals surface area contributed by atoms with Crippen molar-refractivity contribution in [1.82, 2.24) is 34.7 Å². The minimum atomic E-state index is -0.179. The van der Waals surface area contributed by atoms with Gasteiger partial charge >= 0.3 is 0 Å². The summed E-state index contributed by atoms with van der Waals surface area (Å²) in [7, 11) is 5.70. The maximum absolute atomic E-state index is 13.7. The van der Waals surface area contributed by atoms with Crippen LogP contribution in [0, 0.1) is 0 Å². The summed E-state index contributed by atoms with van der Waals surface area (Å²) in [5.41, 5.74) is 5.96. The number of hydrogen-bond donors (Lipinski definition) is 3. The van der Waals surface area contributed by atoms with Crippen molar-refractivity contribution in [2.24, 2.45) is 21.1 Å². The first-order valence-corrected chi connectivity index (χ1v) is 14.4. The third-order valence-electron chi connectivity index (χ3n) is 8.14. The number of aryl methyl sites for hydroxylation is 3. The number of nitrogens with one attached hydrogen (secondary N) is 3. The lowest BCUT2D eigenvalue weighted by Crippen LogP contribution is -2.43. The Morgan fingerprint density at radius 1 is 0.878 bits per heavy atom. The second kappa shape index (κ2) is 10.2. The van der Waals surface area contributed by atoms with Crippen LogP contribution < -0.4 is 20.9 Å². The van der Waals surface area contributed by atoms with E-state index in [1.807, 2.05) is 57.9 Å². The second-order valence-electron chi connectivity index (χ2n) is 11.5. The van der Waals surface area contributed by atoms with Crippen LogP contribution in [0.25, 0.3) is 21.8 Å². The number of carbonyl (C=O) groups excluding carboxylic acids is 1. The molecular formula is C30H36N10O. The molecule has 11 heteroatoms. The third-order valence-corrected chi connectivity index (χ3v) is 8.14. The molecule has 0 radical (unpaired) electrons. The zero-order valence-electron chi connectivity index (χ0n) is 23.8. The number of benzene rings is 2. The summed E-state index contributed by atoms with van der Waals surface area (Å²) < 4.78 is 5.36. The molecule has 2 aromatic carbocycles. The molecule has 7 rings (SSSR count). The second-order valence-corrected chi connectivity index (χ2v) is 11.5. The molecule has 0 atom stereocenters. The van der Waals surface area contributed by atoms with E-state index in [0.29, 0.717) is 18.2 Å². The van der Waals surface area contributed by atoms with E-state index in [4.69, 9.17) is 5.10 Å². The molecule has 0 spiro atoms. The highest BCUT2D eigenvalue weighted by molar-refractivity contribution is 6.14. The number of rotatable bonds is 8. The van der Waals surface area contributed by atoms with Crippen LogP contribution in [-0.2, 0) is 27.7 Å². The smallest absolute Gasteiger partial charge is 0.257 e. The van der Waals surface area contributed by atoms with Crippen LogP contribution in [-0.4, -0.2) is 60.4 Å². The molecule has 11 nitrogen and oxygen atoms in total. The van der Waals surface area contributed by atoms with Gasteiger partial charge in [0.25, 0.3) is 5.91 Å². The van der Waals surface area contributed by atoms with Crippen molar-refractivity contribution in [2.45, 2.75) is 44.3 Å². The van der Waals surface area contributed by atoms with E-state index in [2.05, 4.69) is 37.1 Å². The standard InChI is InChI=1S/C30H36N10O/c1-37-17-24(15-32-37)31-14-19-12-23(13-20-16-38(2)35-28(19)20)34-30(41)25-6-7-27(26-18-39(3)36-29(25)26)40-10-8-22(9-11-40)33-21-4-5-21/h6-7,12-13,15-18,21-22,31,33H,4-5,8-11,14H2,1-3H3,(H,34,41). The SMILES string of the molecule is Cn1cc(NCc2cc(NC(=O)c3ccc(N4CCC(NC5CC5)CC4)c4cn(C)nc34)cc3cn(C)nc23)cn1. The highest BCUT2D eigenvalue weighted by atomic mass is 16.1. The number of anilines is 3. The largest absolute Gasteiger partial charge is 0.378 e. The Labute approximate surface area is 238 Å². The number of piperidine rings is 1. The van der Waals surface area contributed by atoms with E-state index in [0.717, 1.165) is 76.4 Å². The van der Waals surface area contributed by atoms with E-state index in [1.54, 1.807) is 20.2 Å². The first-order valence-electron chi connectivity index (χ1n) is 14.4. The molecule has 2 aliphatic rings. The summed E-state index contributed by atoms with van der Waals surface area (Å²) in [4.78, 5) is 16.1. The molecule has 0 bridgehead atoms. The summed E-state index contributed by atoms with van der Waals surface area (Å²) in [6.07, 6.45) is 12.6. The van der Waals surface area contributed by atoms with Crippen LogP contribution in [0.3, 0.4) is 0 Å². The van der Waals surface area contributed by atoms with Gasteiger partial charge in [-0.25, -0.2) is 0 Å². The lowest BCUT2D eigenvalue weighted by atomic mass is 10.0. The third kappa shape index (κ3) is 5.24. The molecule has 1 saturated heterocycles. The Bertz CT molecular complexity index is 1730. The Hall–Kier alpha value is -4.38. The average molecular weight is 553 g/mol. The van der Waals surface area contributed by atoms with Crippen LogP contribution in [0.2, 0.25) is 0 Å². The average Bonchev–Trinajstić information content (AvgIpc) is 3.31. The van der Waals surface area contributed by atoms with Crippen LogP contribution in [0.15, 0.2) is 49.1 Å². The maximum Gasteiger partial charge on any atom is 0.257 e. The molecule has 2 fully saturated rings. The Morgan fingerprint density at radius 3 is 2.39 bits per heavy atom. The first-order chi connectivity index (χ1) is 19.9. The molecule has 41 heavy (non-hydrogen) atoms. The number of nitrogens with zero attached hydrogens (tertiary/aromatic N) is 7. The zero-order chi connectivity index (χ0) is 28.1. The summed E-state index contributed by atoms with van der Waals surface area (Å²) in [5, 5.41) is 25.9. The van der Waals surface area contributed by atoms with Gasteiger partial charge in [0, 0.05) is 99.2 Å². The van der Waals surface area contributed by atoms with Crippen molar-refractivity contribution in [2.75, 3.05) is 28.6 Å². The Kier molecular flexibility index (Phi) is 6.38. The molecule has 0 unspecified atom stereocenters. The van der Waals surface area contributed by atoms with Gasteiger partial charge in [-0.05, 0) is 49.9 Å². The predicted octanol–water partition coefficient (Wildman–Crippen LogP) is 3.78. The normalized spacial score (nSPS) is 16.1. The molecule has 5 aromatic rings. The number of hydrogen-bond acceptors (Lipinski definition) is 7. The first kappa shape index (κ1) is 25.6. The van der Waals surface area contributed by atoms with E-state index < -0.39 is 0 Å². The molecule has 1 amide bonds. The van der Waals surface area contributed by atoms with Gasteiger partial charge in [0.15, 0.2) is 0 Å². The van der Waals surface area contributed by atoms with Gasteiger partial charge in [0.1, 0.15) is 5.52 Å². The molecule has 3 aromatic heterocycles. The van der Waals surface area contributed by atoms with E-state index in [1.165, 1.54) is 12.8 Å². The van der Waals surface area contributed by atoms with Crippen molar-refractivity contribution < 1.29 is 4.79 Å². The van der Waals surface area contributed by atoms with Crippen LogP contribution in [0.5, 0.6) is 0 Å². The van der Waals surface area contributed by atoms with Gasteiger partial charge in [0.05, 0.1) is 23.0 Å². The number of carbonyl (C=O) groups is 1. The topological polar surface area (TPSA) is 110 Å². The number of fused-ring (bicyclic) bond motifs is 2. The van der Waals surface area contributed by atoms with E-state index in [-0.39, 0.29) is 5.91 Å². The van der Waals surface area contributed by atoms with Gasteiger partial charge in [-0.2, -0.15) is 15.3 Å². The fraction of sp³-hybridized carbons (Fsp3) is 0.400. The minimum Gasteiger partial charge on any atom is -0.378 e. The summed E-state index contributed by atoms with van der Waals surface area (Å²) in [5.74, 6) is -0.179. The highest BCUT2D eigenvalue weighted by Crippen LogP contribution is 2.32. The van der Waals surface area contributed by atoms with Crippen molar-refractivity contribution >= 4 is 44.8 Å². The summed E-state index contributed by atoms with van der Waals surface area (Å²) in [6, 6.07) is 9.30. The molecular weight excluding hydrogens is 516 g/mol. The molecule has 1 aliphatic heterocycles. The van der Waals surface area contributed by atoms with Crippen molar-refractivity contribution in [3.63, 3.8) is 0 Å². The number of aromatic nitrogens is 6. The zero-order valence-corrected chi connectivity index (χ0v) is 23.8. The van der Waals surface area contributed by atoms with Crippen molar-refractivity contribution in [3.05, 3.63) is 60.2 Å². The van der Waals surface area contributed by atoms with Gasteiger partial charge in [-0.3, -0.25) is 18.8 Å². The van der Waals surface area contributed by atoms with E-state index >= 15 is 0 Å². The predicted molar refractivity (Wildman–Crippen MR) is 161 cm³/mol. The monoisotopic (exact) mass is 552 g/mol. The minimum absolute atomic E-state index is 0.179. The van der Waals surface area contributed by atoms with Gasteiger partial charge in [-0.1, -0.05) is 0 Å². The molecule has 1 saturated carbocycles. The van der Waals surface area contributed by atoms with Crippen molar-refractivity contribution in [3.8, 4) is 0 Å². The maximum atomic E-state index is 13.7. The Morgan fingerprint density at radius 2 is 1.63 bits per heavy atom. The van der Waals surface area contributed by atoms with Gasteiger partial charge < -0.3 is 20.9 Å². The fourth-order valence-corrected chi connectivity index (χ4v) is 5.98. The summed E-state index contributed by atoms with van der Waals surface area (Å²) in [6.45, 7) is 2.55. The lowest BCUT2D eigenvalue weighted by molar-refractivity contribution is 0.102.